The van der Waals surface area contributed by atoms with Crippen LogP contribution >= 0.6 is 15.9 Å². The molecular weight excluding hydrogens is 273 g/mol. The molecule has 0 aliphatic heterocycles. The molecular formula is C11H9BrFN3. The van der Waals surface area contributed by atoms with Gasteiger partial charge in [0.05, 0.1) is 4.47 Å². The van der Waals surface area contributed by atoms with E-state index in [1.807, 2.05) is 13.0 Å². The van der Waals surface area contributed by atoms with Crippen molar-refractivity contribution in [3.63, 3.8) is 0 Å². The highest BCUT2D eigenvalue weighted by atomic mass is 79.9. The first kappa shape index (κ1) is 11.0. The van der Waals surface area contributed by atoms with Crippen LogP contribution < -0.4 is 5.32 Å². The van der Waals surface area contributed by atoms with Crippen molar-refractivity contribution in [1.82, 2.24) is 9.97 Å². The number of aryl methyl sites for hydroxylation is 1. The number of nitrogens with zero attached hydrogens (tertiary/aromatic N) is 2. The van der Waals surface area contributed by atoms with Crippen LogP contribution in [0.2, 0.25) is 0 Å². The minimum absolute atomic E-state index is 0.278. The predicted octanol–water partition coefficient (Wildman–Crippen LogP) is 3.43. The maximum Gasteiger partial charge on any atom is 0.227 e. The number of hydrogen-bond acceptors (Lipinski definition) is 3. The van der Waals surface area contributed by atoms with Gasteiger partial charge in [0.2, 0.25) is 5.95 Å². The van der Waals surface area contributed by atoms with Crippen LogP contribution in [0.25, 0.3) is 0 Å². The molecule has 0 fully saturated rings. The van der Waals surface area contributed by atoms with Gasteiger partial charge in [-0.3, -0.25) is 0 Å². The van der Waals surface area contributed by atoms with Crippen LogP contribution in [0.1, 0.15) is 5.56 Å². The Morgan fingerprint density at radius 2 is 1.88 bits per heavy atom. The molecule has 0 aliphatic carbocycles. The third kappa shape index (κ3) is 2.76. The maximum absolute atomic E-state index is 13.1. The van der Waals surface area contributed by atoms with Crippen LogP contribution in [-0.4, -0.2) is 9.97 Å². The highest BCUT2D eigenvalue weighted by Gasteiger charge is 2.00. The molecule has 0 amide bonds. The second kappa shape index (κ2) is 4.57. The fraction of sp³-hybridized carbons (Fsp3) is 0.0909. The van der Waals surface area contributed by atoms with Gasteiger partial charge < -0.3 is 5.32 Å². The first-order valence-corrected chi connectivity index (χ1v) is 5.44. The van der Waals surface area contributed by atoms with Crippen molar-refractivity contribution in [2.45, 2.75) is 6.92 Å². The molecule has 16 heavy (non-hydrogen) atoms. The van der Waals surface area contributed by atoms with Crippen molar-refractivity contribution >= 4 is 27.6 Å². The summed E-state index contributed by atoms with van der Waals surface area (Å²) in [6.07, 6.45) is 3.25. The zero-order chi connectivity index (χ0) is 11.5. The van der Waals surface area contributed by atoms with Gasteiger partial charge in [0.15, 0.2) is 0 Å². The number of nitrogens with one attached hydrogen (secondary N) is 1. The van der Waals surface area contributed by atoms with Crippen LogP contribution in [0, 0.1) is 12.7 Å². The van der Waals surface area contributed by atoms with E-state index in [2.05, 4.69) is 31.2 Å². The second-order valence-corrected chi connectivity index (χ2v) is 4.28. The predicted molar refractivity (Wildman–Crippen MR) is 64.2 cm³/mol. The summed E-state index contributed by atoms with van der Waals surface area (Å²) in [5, 5.41) is 2.93. The van der Waals surface area contributed by atoms with Crippen molar-refractivity contribution in [2.24, 2.45) is 0 Å². The Bertz CT molecular complexity index is 479. The van der Waals surface area contributed by atoms with Gasteiger partial charge in [-0.15, -0.1) is 0 Å². The van der Waals surface area contributed by atoms with Gasteiger partial charge in [0.25, 0.3) is 0 Å². The van der Waals surface area contributed by atoms with E-state index in [0.29, 0.717) is 11.6 Å². The van der Waals surface area contributed by atoms with Gasteiger partial charge in [-0.1, -0.05) is 0 Å². The third-order valence-corrected chi connectivity index (χ3v) is 2.33. The smallest absolute Gasteiger partial charge is 0.227 e. The second-order valence-electron chi connectivity index (χ2n) is 3.37. The van der Waals surface area contributed by atoms with Crippen molar-refractivity contribution in [2.75, 3.05) is 5.32 Å². The summed E-state index contributed by atoms with van der Waals surface area (Å²) in [6, 6.07) is 4.69. The molecule has 0 saturated carbocycles. The first-order valence-electron chi connectivity index (χ1n) is 4.65. The monoisotopic (exact) mass is 281 g/mol. The highest BCUT2D eigenvalue weighted by molar-refractivity contribution is 9.10. The molecule has 0 bridgehead atoms. The fourth-order valence-electron chi connectivity index (χ4n) is 1.31. The quantitative estimate of drug-likeness (QED) is 0.917. The van der Waals surface area contributed by atoms with Gasteiger partial charge in [0, 0.05) is 18.1 Å². The standard InChI is InChI=1S/C11H9BrFN3/c1-7-2-9(13)4-10(3-7)16-11-14-5-8(12)6-15-11/h2-6H,1H3,(H,14,15,16). The van der Waals surface area contributed by atoms with Gasteiger partial charge in [-0.2, -0.15) is 0 Å². The molecule has 0 saturated heterocycles. The highest BCUT2D eigenvalue weighted by Crippen LogP contribution is 2.17. The van der Waals surface area contributed by atoms with Crippen molar-refractivity contribution in [1.29, 1.82) is 0 Å². The molecule has 1 N–H and O–H groups in total. The summed E-state index contributed by atoms with van der Waals surface area (Å²) in [5.74, 6) is 0.160. The largest absolute Gasteiger partial charge is 0.324 e. The number of anilines is 2. The molecule has 0 radical (unpaired) electrons. The molecule has 1 heterocycles. The Morgan fingerprint density at radius 1 is 1.19 bits per heavy atom. The van der Waals surface area contributed by atoms with Crippen LogP contribution in [0.5, 0.6) is 0 Å². The number of hydrogen-bond donors (Lipinski definition) is 1. The van der Waals surface area contributed by atoms with E-state index in [1.54, 1.807) is 12.4 Å². The van der Waals surface area contributed by atoms with Crippen LogP contribution in [0.3, 0.4) is 0 Å². The van der Waals surface area contributed by atoms with E-state index in [9.17, 15) is 4.39 Å². The Kier molecular flexibility index (Phi) is 3.14. The summed E-state index contributed by atoms with van der Waals surface area (Å²) in [6.45, 7) is 1.83. The number of aromatic nitrogens is 2. The van der Waals surface area contributed by atoms with Gasteiger partial charge in [0.1, 0.15) is 5.82 Å². The molecule has 1 aromatic heterocycles. The molecule has 0 atom stereocenters. The number of rotatable bonds is 2. The molecule has 2 aromatic rings. The summed E-state index contributed by atoms with van der Waals surface area (Å²) < 4.78 is 13.9. The lowest BCUT2D eigenvalue weighted by Gasteiger charge is -2.05. The van der Waals surface area contributed by atoms with E-state index < -0.39 is 0 Å². The Hall–Kier alpha value is -1.49. The van der Waals surface area contributed by atoms with E-state index in [1.165, 1.54) is 12.1 Å². The average molecular weight is 282 g/mol. The lowest BCUT2D eigenvalue weighted by atomic mass is 10.2. The number of benzene rings is 1. The Labute approximate surface area is 101 Å². The van der Waals surface area contributed by atoms with Crippen LogP contribution in [0.15, 0.2) is 35.1 Å². The van der Waals surface area contributed by atoms with Crippen LogP contribution in [-0.2, 0) is 0 Å². The zero-order valence-electron chi connectivity index (χ0n) is 8.54. The van der Waals surface area contributed by atoms with E-state index in [4.69, 9.17) is 0 Å². The molecule has 0 unspecified atom stereocenters. The van der Waals surface area contributed by atoms with Crippen molar-refractivity contribution in [3.05, 3.63) is 46.4 Å². The van der Waals surface area contributed by atoms with E-state index in [0.717, 1.165) is 10.0 Å². The van der Waals surface area contributed by atoms with E-state index >= 15 is 0 Å². The molecule has 0 aliphatic rings. The third-order valence-electron chi connectivity index (χ3n) is 1.92. The van der Waals surface area contributed by atoms with Crippen LogP contribution in [0.4, 0.5) is 16.0 Å². The van der Waals surface area contributed by atoms with Gasteiger partial charge in [-0.05, 0) is 46.6 Å². The number of halogens is 2. The lowest BCUT2D eigenvalue weighted by Crippen LogP contribution is -1.97. The van der Waals surface area contributed by atoms with Gasteiger partial charge in [-0.25, -0.2) is 14.4 Å². The normalized spacial score (nSPS) is 10.2. The first-order chi connectivity index (χ1) is 7.63. The Balaban J connectivity index is 2.23. The molecule has 82 valence electrons. The lowest BCUT2D eigenvalue weighted by molar-refractivity contribution is 0.627. The van der Waals surface area contributed by atoms with Crippen molar-refractivity contribution in [3.8, 4) is 0 Å². The molecule has 2 rings (SSSR count). The summed E-state index contributed by atoms with van der Waals surface area (Å²) in [5.41, 5.74) is 1.49. The van der Waals surface area contributed by atoms with E-state index in [-0.39, 0.29) is 5.82 Å². The average Bonchev–Trinajstić information content (AvgIpc) is 2.20. The SMILES string of the molecule is Cc1cc(F)cc(Nc2ncc(Br)cn2)c1. The Morgan fingerprint density at radius 3 is 2.50 bits per heavy atom. The summed E-state index contributed by atoms with van der Waals surface area (Å²) in [7, 11) is 0. The fourth-order valence-corrected chi connectivity index (χ4v) is 1.52. The minimum atomic E-state index is -0.278. The topological polar surface area (TPSA) is 37.8 Å². The summed E-state index contributed by atoms with van der Waals surface area (Å²) in [4.78, 5) is 8.08. The van der Waals surface area contributed by atoms with Gasteiger partial charge >= 0.3 is 0 Å². The zero-order valence-corrected chi connectivity index (χ0v) is 10.1. The molecule has 5 heteroatoms. The molecule has 1 aromatic carbocycles. The maximum atomic E-state index is 13.1. The summed E-state index contributed by atoms with van der Waals surface area (Å²) >= 11 is 3.24. The van der Waals surface area contributed by atoms with Crippen molar-refractivity contribution < 1.29 is 4.39 Å². The minimum Gasteiger partial charge on any atom is -0.324 e. The molecule has 0 spiro atoms. The molecule has 3 nitrogen and oxygen atoms in total.